The molecule has 2 rings (SSSR count). The molecule has 0 aliphatic carbocycles. The third kappa shape index (κ3) is 4.11. The van der Waals surface area contributed by atoms with E-state index in [1.54, 1.807) is 37.3 Å². The van der Waals surface area contributed by atoms with Crippen LogP contribution >= 0.6 is 15.9 Å². The van der Waals surface area contributed by atoms with Crippen LogP contribution in [0.1, 0.15) is 18.1 Å². The molecular formula is C16H17BrN2O3S. The molecule has 2 aromatic rings. The first-order chi connectivity index (χ1) is 10.7. The number of hydrogen-bond donors (Lipinski definition) is 2. The second-order valence-electron chi connectivity index (χ2n) is 5.18. The Hall–Kier alpha value is -1.86. The number of benzene rings is 2. The van der Waals surface area contributed by atoms with Gasteiger partial charge in [0.1, 0.15) is 0 Å². The summed E-state index contributed by atoms with van der Waals surface area (Å²) in [5, 5.41) is 2.68. The summed E-state index contributed by atoms with van der Waals surface area (Å²) in [6, 6.07) is 9.89. The van der Waals surface area contributed by atoms with Gasteiger partial charge in [0.2, 0.25) is 5.91 Å². The minimum atomic E-state index is -3.70. The number of sulfonamides is 1. The van der Waals surface area contributed by atoms with Crippen LogP contribution in [0.15, 0.2) is 45.8 Å². The molecule has 0 aliphatic heterocycles. The second-order valence-corrected chi connectivity index (χ2v) is 7.71. The number of halogens is 1. The van der Waals surface area contributed by atoms with Crippen LogP contribution in [-0.4, -0.2) is 14.3 Å². The summed E-state index contributed by atoms with van der Waals surface area (Å²) in [5.41, 5.74) is 2.48. The molecule has 0 fully saturated rings. The molecule has 7 heteroatoms. The predicted octanol–water partition coefficient (Wildman–Crippen LogP) is 3.83. The maximum absolute atomic E-state index is 12.5. The number of rotatable bonds is 4. The highest BCUT2D eigenvalue weighted by Crippen LogP contribution is 2.27. The molecule has 0 atom stereocenters. The average Bonchev–Trinajstić information content (AvgIpc) is 2.45. The van der Waals surface area contributed by atoms with Crippen LogP contribution in [0.3, 0.4) is 0 Å². The van der Waals surface area contributed by atoms with E-state index in [-0.39, 0.29) is 10.8 Å². The molecule has 2 N–H and O–H groups in total. The number of nitrogens with one attached hydrogen (secondary N) is 2. The molecule has 0 unspecified atom stereocenters. The first kappa shape index (κ1) is 17.5. The van der Waals surface area contributed by atoms with E-state index >= 15 is 0 Å². The third-order valence-corrected chi connectivity index (χ3v) is 5.58. The molecule has 0 heterocycles. The fourth-order valence-electron chi connectivity index (χ4n) is 2.06. The normalized spacial score (nSPS) is 11.1. The van der Waals surface area contributed by atoms with Gasteiger partial charge in [-0.2, -0.15) is 0 Å². The van der Waals surface area contributed by atoms with Crippen molar-refractivity contribution >= 4 is 43.2 Å². The Labute approximate surface area is 144 Å². The monoisotopic (exact) mass is 396 g/mol. The molecule has 1 amide bonds. The van der Waals surface area contributed by atoms with Gasteiger partial charge < -0.3 is 5.32 Å². The smallest absolute Gasteiger partial charge is 0.261 e. The number of hydrogen-bond acceptors (Lipinski definition) is 3. The van der Waals surface area contributed by atoms with E-state index in [4.69, 9.17) is 0 Å². The van der Waals surface area contributed by atoms with Gasteiger partial charge in [-0.05, 0) is 55.3 Å². The summed E-state index contributed by atoms with van der Waals surface area (Å²) < 4.78 is 28.5. The standard InChI is InChI=1S/C16H17BrN2O3S/c1-10-9-13(7-8-14(10)17)23(21,22)19-16-6-4-5-15(11(16)2)18-12(3)20/h4-9,19H,1-3H3,(H,18,20). The zero-order valence-corrected chi connectivity index (χ0v) is 15.4. The van der Waals surface area contributed by atoms with Gasteiger partial charge in [0, 0.05) is 17.1 Å². The summed E-state index contributed by atoms with van der Waals surface area (Å²) in [5.74, 6) is -0.211. The fraction of sp³-hybridized carbons (Fsp3) is 0.188. The van der Waals surface area contributed by atoms with Crippen LogP contribution in [0.2, 0.25) is 0 Å². The predicted molar refractivity (Wildman–Crippen MR) is 95.2 cm³/mol. The highest BCUT2D eigenvalue weighted by atomic mass is 79.9. The largest absolute Gasteiger partial charge is 0.326 e. The van der Waals surface area contributed by atoms with Crippen LogP contribution in [0.4, 0.5) is 11.4 Å². The minimum Gasteiger partial charge on any atom is -0.326 e. The average molecular weight is 397 g/mol. The molecule has 0 radical (unpaired) electrons. The lowest BCUT2D eigenvalue weighted by Gasteiger charge is -2.14. The summed E-state index contributed by atoms with van der Waals surface area (Å²) in [4.78, 5) is 11.4. The summed E-state index contributed by atoms with van der Waals surface area (Å²) >= 11 is 3.35. The van der Waals surface area contributed by atoms with Crippen molar-refractivity contribution in [2.24, 2.45) is 0 Å². The van der Waals surface area contributed by atoms with Gasteiger partial charge in [-0.1, -0.05) is 22.0 Å². The van der Waals surface area contributed by atoms with E-state index in [9.17, 15) is 13.2 Å². The van der Waals surface area contributed by atoms with E-state index in [1.165, 1.54) is 13.0 Å². The van der Waals surface area contributed by atoms with E-state index in [2.05, 4.69) is 26.0 Å². The van der Waals surface area contributed by atoms with Crippen molar-refractivity contribution in [3.63, 3.8) is 0 Å². The highest BCUT2D eigenvalue weighted by molar-refractivity contribution is 9.10. The maximum Gasteiger partial charge on any atom is 0.261 e. The van der Waals surface area contributed by atoms with Crippen LogP contribution in [0, 0.1) is 13.8 Å². The molecule has 0 aromatic heterocycles. The topological polar surface area (TPSA) is 75.3 Å². The van der Waals surface area contributed by atoms with Gasteiger partial charge >= 0.3 is 0 Å². The Morgan fingerprint density at radius 3 is 2.35 bits per heavy atom. The minimum absolute atomic E-state index is 0.183. The molecule has 23 heavy (non-hydrogen) atoms. The SMILES string of the molecule is CC(=O)Nc1cccc(NS(=O)(=O)c2ccc(Br)c(C)c2)c1C. The Morgan fingerprint density at radius 1 is 1.09 bits per heavy atom. The molecule has 0 aliphatic rings. The fourth-order valence-corrected chi connectivity index (χ4v) is 3.51. The van der Waals surface area contributed by atoms with Crippen molar-refractivity contribution in [2.75, 3.05) is 10.0 Å². The summed E-state index contributed by atoms with van der Waals surface area (Å²) in [6.45, 7) is 4.97. The van der Waals surface area contributed by atoms with Crippen molar-refractivity contribution < 1.29 is 13.2 Å². The van der Waals surface area contributed by atoms with E-state index in [1.807, 2.05) is 6.92 Å². The van der Waals surface area contributed by atoms with Crippen LogP contribution in [0.25, 0.3) is 0 Å². The van der Waals surface area contributed by atoms with Crippen molar-refractivity contribution in [2.45, 2.75) is 25.7 Å². The number of amides is 1. The lowest BCUT2D eigenvalue weighted by atomic mass is 10.1. The first-order valence-corrected chi connectivity index (χ1v) is 9.14. The zero-order chi connectivity index (χ0) is 17.2. The van der Waals surface area contributed by atoms with Gasteiger partial charge in [-0.25, -0.2) is 8.42 Å². The molecule has 0 saturated carbocycles. The lowest BCUT2D eigenvalue weighted by molar-refractivity contribution is -0.114. The van der Waals surface area contributed by atoms with Gasteiger partial charge in [-0.15, -0.1) is 0 Å². The Balaban J connectivity index is 2.37. The van der Waals surface area contributed by atoms with Crippen molar-refractivity contribution in [1.29, 1.82) is 0 Å². The van der Waals surface area contributed by atoms with Crippen LogP contribution < -0.4 is 10.0 Å². The molecule has 0 saturated heterocycles. The number of anilines is 2. The quantitative estimate of drug-likeness (QED) is 0.824. The first-order valence-electron chi connectivity index (χ1n) is 6.87. The Bertz CT molecular complexity index is 864. The summed E-state index contributed by atoms with van der Waals surface area (Å²) in [6.07, 6.45) is 0. The maximum atomic E-state index is 12.5. The van der Waals surface area contributed by atoms with Crippen LogP contribution in [-0.2, 0) is 14.8 Å². The van der Waals surface area contributed by atoms with Gasteiger partial charge in [0.05, 0.1) is 10.6 Å². The molecule has 0 spiro atoms. The van der Waals surface area contributed by atoms with E-state index < -0.39 is 10.0 Å². The molecule has 5 nitrogen and oxygen atoms in total. The molecule has 122 valence electrons. The molecule has 0 bridgehead atoms. The highest BCUT2D eigenvalue weighted by Gasteiger charge is 2.17. The molecular weight excluding hydrogens is 380 g/mol. The second kappa shape index (κ2) is 6.72. The number of aryl methyl sites for hydroxylation is 1. The summed E-state index contributed by atoms with van der Waals surface area (Å²) in [7, 11) is -3.70. The van der Waals surface area contributed by atoms with Gasteiger partial charge in [0.25, 0.3) is 10.0 Å². The van der Waals surface area contributed by atoms with E-state index in [0.29, 0.717) is 16.9 Å². The Morgan fingerprint density at radius 2 is 1.74 bits per heavy atom. The zero-order valence-electron chi connectivity index (χ0n) is 13.0. The Kier molecular flexibility index (Phi) is 5.11. The molecule has 2 aromatic carbocycles. The van der Waals surface area contributed by atoms with Crippen LogP contribution in [0.5, 0.6) is 0 Å². The number of carbonyl (C=O) groups is 1. The van der Waals surface area contributed by atoms with Crippen molar-refractivity contribution in [3.8, 4) is 0 Å². The lowest BCUT2D eigenvalue weighted by Crippen LogP contribution is -2.15. The third-order valence-electron chi connectivity index (χ3n) is 3.33. The van der Waals surface area contributed by atoms with Gasteiger partial charge in [-0.3, -0.25) is 9.52 Å². The number of carbonyl (C=O) groups excluding carboxylic acids is 1. The van der Waals surface area contributed by atoms with Crippen molar-refractivity contribution in [3.05, 3.63) is 52.0 Å². The van der Waals surface area contributed by atoms with E-state index in [0.717, 1.165) is 10.0 Å². The van der Waals surface area contributed by atoms with Crippen molar-refractivity contribution in [1.82, 2.24) is 0 Å². The van der Waals surface area contributed by atoms with Gasteiger partial charge in [0.15, 0.2) is 0 Å².